The van der Waals surface area contributed by atoms with Crippen LogP contribution in [0.3, 0.4) is 0 Å². The number of aromatic nitrogens is 4. The third kappa shape index (κ3) is 2.37. The lowest BCUT2D eigenvalue weighted by atomic mass is 10.3. The molecule has 0 spiro atoms. The van der Waals surface area contributed by atoms with Crippen molar-refractivity contribution in [3.05, 3.63) is 24.3 Å². The zero-order valence-corrected chi connectivity index (χ0v) is 9.35. The van der Waals surface area contributed by atoms with E-state index < -0.39 is 0 Å². The van der Waals surface area contributed by atoms with Crippen LogP contribution in [0.2, 0.25) is 0 Å². The van der Waals surface area contributed by atoms with E-state index in [2.05, 4.69) is 33.4 Å². The highest BCUT2D eigenvalue weighted by Crippen LogP contribution is 2.13. The molecule has 1 N–H and O–H groups in total. The second-order valence-corrected chi connectivity index (χ2v) is 3.51. The molecule has 0 saturated carbocycles. The Labute approximate surface area is 97.1 Å². The number of tetrazole rings is 1. The van der Waals surface area contributed by atoms with E-state index in [0.29, 0.717) is 16.5 Å². The van der Waals surface area contributed by atoms with Gasteiger partial charge in [-0.2, -0.15) is 0 Å². The first kappa shape index (κ1) is 10.6. The Balaban J connectivity index is 2.32. The van der Waals surface area contributed by atoms with E-state index in [1.54, 1.807) is 24.3 Å². The van der Waals surface area contributed by atoms with E-state index in [9.17, 15) is 4.79 Å². The first-order valence-corrected chi connectivity index (χ1v) is 4.97. The maximum absolute atomic E-state index is 10.9. The number of hydrogen-bond acceptors (Lipinski definition) is 5. The first-order chi connectivity index (χ1) is 7.65. The van der Waals surface area contributed by atoms with Crippen LogP contribution in [0, 0.1) is 0 Å². The number of amides is 1. The van der Waals surface area contributed by atoms with Crippen LogP contribution in [0.15, 0.2) is 29.4 Å². The summed E-state index contributed by atoms with van der Waals surface area (Å²) in [6, 6.07) is 7.13. The SMILES string of the molecule is CC(=O)Nc1cccc(-n2nnc(S)n2)c1. The van der Waals surface area contributed by atoms with Crippen LogP contribution in [0.25, 0.3) is 5.69 Å². The van der Waals surface area contributed by atoms with Gasteiger partial charge in [0.15, 0.2) is 0 Å². The lowest BCUT2D eigenvalue weighted by molar-refractivity contribution is -0.114. The van der Waals surface area contributed by atoms with Gasteiger partial charge in [-0.3, -0.25) is 4.79 Å². The Morgan fingerprint density at radius 3 is 2.94 bits per heavy atom. The lowest BCUT2D eigenvalue weighted by Crippen LogP contribution is -2.07. The van der Waals surface area contributed by atoms with Gasteiger partial charge in [-0.05, 0) is 23.4 Å². The van der Waals surface area contributed by atoms with Gasteiger partial charge in [0.05, 0.1) is 5.69 Å². The average molecular weight is 235 g/mol. The molecule has 0 saturated heterocycles. The predicted octanol–water partition coefficient (Wildman–Crippen LogP) is 0.909. The number of rotatable bonds is 2. The minimum Gasteiger partial charge on any atom is -0.326 e. The summed E-state index contributed by atoms with van der Waals surface area (Å²) in [5.41, 5.74) is 1.39. The Kier molecular flexibility index (Phi) is 2.86. The zero-order valence-electron chi connectivity index (χ0n) is 8.45. The molecule has 0 fully saturated rings. The standard InChI is InChI=1S/C9H9N5OS/c1-6(15)10-7-3-2-4-8(5-7)14-12-9(16)11-13-14/h2-5H,1H3,(H,10,15)(H,12,16). The Hall–Kier alpha value is -1.89. The fourth-order valence-corrected chi connectivity index (χ4v) is 1.35. The Morgan fingerprint density at radius 2 is 2.31 bits per heavy atom. The quantitative estimate of drug-likeness (QED) is 0.759. The molecule has 0 aliphatic carbocycles. The minimum atomic E-state index is -0.126. The second-order valence-electron chi connectivity index (χ2n) is 3.11. The number of anilines is 1. The van der Waals surface area contributed by atoms with E-state index in [4.69, 9.17) is 0 Å². The lowest BCUT2D eigenvalue weighted by Gasteiger charge is -2.03. The van der Waals surface area contributed by atoms with Crippen LogP contribution < -0.4 is 5.32 Å². The fraction of sp³-hybridized carbons (Fsp3) is 0.111. The molecule has 0 aliphatic rings. The molecule has 1 heterocycles. The largest absolute Gasteiger partial charge is 0.326 e. The molecule has 0 radical (unpaired) electrons. The summed E-state index contributed by atoms with van der Waals surface area (Å²) in [5, 5.41) is 14.4. The highest BCUT2D eigenvalue weighted by Gasteiger charge is 2.03. The molecule has 6 nitrogen and oxygen atoms in total. The van der Waals surface area contributed by atoms with Gasteiger partial charge in [-0.1, -0.05) is 18.7 Å². The molecular formula is C9H9N5OS. The fourth-order valence-electron chi connectivity index (χ4n) is 1.23. The van der Waals surface area contributed by atoms with E-state index >= 15 is 0 Å². The number of carbonyl (C=O) groups excluding carboxylic acids is 1. The van der Waals surface area contributed by atoms with Gasteiger partial charge in [0.1, 0.15) is 0 Å². The molecule has 0 aliphatic heterocycles. The maximum atomic E-state index is 10.9. The van der Waals surface area contributed by atoms with E-state index in [1.807, 2.05) is 0 Å². The van der Waals surface area contributed by atoms with Crippen LogP contribution in [0.5, 0.6) is 0 Å². The number of nitrogens with zero attached hydrogens (tertiary/aromatic N) is 4. The molecule has 0 bridgehead atoms. The minimum absolute atomic E-state index is 0.126. The molecular weight excluding hydrogens is 226 g/mol. The van der Waals surface area contributed by atoms with Crippen molar-refractivity contribution < 1.29 is 4.79 Å². The van der Waals surface area contributed by atoms with E-state index in [0.717, 1.165) is 0 Å². The van der Waals surface area contributed by atoms with E-state index in [-0.39, 0.29) is 5.91 Å². The van der Waals surface area contributed by atoms with Crippen LogP contribution in [-0.4, -0.2) is 26.1 Å². The molecule has 1 aromatic heterocycles. The number of hydrogen-bond donors (Lipinski definition) is 2. The van der Waals surface area contributed by atoms with Gasteiger partial charge in [0.2, 0.25) is 11.1 Å². The number of nitrogens with one attached hydrogen (secondary N) is 1. The molecule has 0 unspecified atom stereocenters. The average Bonchev–Trinajstić information content (AvgIpc) is 2.64. The molecule has 1 aromatic carbocycles. The molecule has 16 heavy (non-hydrogen) atoms. The summed E-state index contributed by atoms with van der Waals surface area (Å²) in [7, 11) is 0. The number of thiol groups is 1. The topological polar surface area (TPSA) is 72.7 Å². The summed E-state index contributed by atoms with van der Waals surface area (Å²) in [4.78, 5) is 12.2. The van der Waals surface area contributed by atoms with Crippen LogP contribution >= 0.6 is 12.6 Å². The molecule has 82 valence electrons. The zero-order chi connectivity index (χ0) is 11.5. The highest BCUT2D eigenvalue weighted by atomic mass is 32.1. The molecule has 2 rings (SSSR count). The predicted molar refractivity (Wildman–Crippen MR) is 60.7 cm³/mol. The summed E-state index contributed by atoms with van der Waals surface area (Å²) in [5.74, 6) is -0.126. The Bertz CT molecular complexity index is 524. The normalized spacial score (nSPS) is 10.1. The van der Waals surface area contributed by atoms with Gasteiger partial charge in [0.25, 0.3) is 0 Å². The molecule has 0 atom stereocenters. The third-order valence-electron chi connectivity index (χ3n) is 1.80. The summed E-state index contributed by atoms with van der Waals surface area (Å²) >= 11 is 3.96. The van der Waals surface area contributed by atoms with Crippen molar-refractivity contribution in [2.24, 2.45) is 0 Å². The second kappa shape index (κ2) is 4.31. The van der Waals surface area contributed by atoms with Gasteiger partial charge >= 0.3 is 0 Å². The summed E-state index contributed by atoms with van der Waals surface area (Å²) in [6.07, 6.45) is 0. The summed E-state index contributed by atoms with van der Waals surface area (Å²) in [6.45, 7) is 1.45. The van der Waals surface area contributed by atoms with Crippen molar-refractivity contribution in [2.45, 2.75) is 12.1 Å². The maximum Gasteiger partial charge on any atom is 0.228 e. The van der Waals surface area contributed by atoms with Crippen molar-refractivity contribution in [3.8, 4) is 5.69 Å². The van der Waals surface area contributed by atoms with Crippen molar-refractivity contribution in [3.63, 3.8) is 0 Å². The van der Waals surface area contributed by atoms with Crippen molar-refractivity contribution in [2.75, 3.05) is 5.32 Å². The van der Waals surface area contributed by atoms with Gasteiger partial charge in [0, 0.05) is 12.6 Å². The van der Waals surface area contributed by atoms with Crippen LogP contribution in [-0.2, 0) is 4.79 Å². The third-order valence-corrected chi connectivity index (χ3v) is 1.98. The van der Waals surface area contributed by atoms with Crippen molar-refractivity contribution >= 4 is 24.2 Å². The van der Waals surface area contributed by atoms with E-state index in [1.165, 1.54) is 11.7 Å². The van der Waals surface area contributed by atoms with Gasteiger partial charge < -0.3 is 5.32 Å². The monoisotopic (exact) mass is 235 g/mol. The van der Waals surface area contributed by atoms with Gasteiger partial charge in [-0.25, -0.2) is 0 Å². The van der Waals surface area contributed by atoms with Crippen LogP contribution in [0.4, 0.5) is 5.69 Å². The first-order valence-electron chi connectivity index (χ1n) is 4.52. The molecule has 7 heteroatoms. The highest BCUT2D eigenvalue weighted by molar-refractivity contribution is 7.80. The Morgan fingerprint density at radius 1 is 1.50 bits per heavy atom. The van der Waals surface area contributed by atoms with Crippen LogP contribution in [0.1, 0.15) is 6.92 Å². The molecule has 1 amide bonds. The van der Waals surface area contributed by atoms with Crippen molar-refractivity contribution in [1.29, 1.82) is 0 Å². The smallest absolute Gasteiger partial charge is 0.228 e. The summed E-state index contributed by atoms with van der Waals surface area (Å²) < 4.78 is 0. The van der Waals surface area contributed by atoms with Gasteiger partial charge in [-0.15, -0.1) is 15.0 Å². The molecule has 2 aromatic rings. The number of benzene rings is 1. The van der Waals surface area contributed by atoms with Crippen molar-refractivity contribution in [1.82, 2.24) is 20.2 Å². The number of carbonyl (C=O) groups is 1.